The molecule has 0 aliphatic carbocycles. The molecule has 4 N–H and O–H groups in total. The highest BCUT2D eigenvalue weighted by molar-refractivity contribution is 7.94. The second-order valence-electron chi connectivity index (χ2n) is 3.98. The fraction of sp³-hybridized carbons (Fsp3) is 0.0909. The highest BCUT2D eigenvalue weighted by Gasteiger charge is 2.18. The van der Waals surface area contributed by atoms with Crippen molar-refractivity contribution in [2.75, 3.05) is 4.72 Å². The Morgan fingerprint density at radius 3 is 2.76 bits per heavy atom. The number of benzene rings is 1. The number of sulfonamides is 1. The van der Waals surface area contributed by atoms with Gasteiger partial charge < -0.3 is 10.9 Å². The zero-order valence-electron chi connectivity index (χ0n) is 10.7. The first-order valence-corrected chi connectivity index (χ1v) is 8.24. The maximum absolute atomic E-state index is 12.2. The number of oxime groups is 1. The SMILES string of the molecule is Cc1ncc(S(=O)(=O)Nc2ccc(/C(N)=N/O)cc2Cl)s1. The minimum atomic E-state index is -3.74. The fourth-order valence-electron chi connectivity index (χ4n) is 1.48. The van der Waals surface area contributed by atoms with Gasteiger partial charge in [0.25, 0.3) is 10.0 Å². The maximum atomic E-state index is 12.2. The summed E-state index contributed by atoms with van der Waals surface area (Å²) in [6.45, 7) is 1.71. The topological polar surface area (TPSA) is 118 Å². The van der Waals surface area contributed by atoms with Gasteiger partial charge in [-0.05, 0) is 25.1 Å². The van der Waals surface area contributed by atoms with Crippen LogP contribution in [0.2, 0.25) is 5.02 Å². The molecule has 1 heterocycles. The van der Waals surface area contributed by atoms with Crippen LogP contribution in [0.3, 0.4) is 0 Å². The van der Waals surface area contributed by atoms with E-state index >= 15 is 0 Å². The van der Waals surface area contributed by atoms with E-state index < -0.39 is 10.0 Å². The lowest BCUT2D eigenvalue weighted by Crippen LogP contribution is -2.14. The molecule has 21 heavy (non-hydrogen) atoms. The predicted molar refractivity (Wildman–Crippen MR) is 81.6 cm³/mol. The van der Waals surface area contributed by atoms with Crippen molar-refractivity contribution < 1.29 is 13.6 Å². The van der Waals surface area contributed by atoms with Gasteiger partial charge in [-0.2, -0.15) is 0 Å². The van der Waals surface area contributed by atoms with Crippen molar-refractivity contribution in [1.29, 1.82) is 0 Å². The van der Waals surface area contributed by atoms with Crippen LogP contribution in [0.4, 0.5) is 5.69 Å². The number of nitrogens with two attached hydrogens (primary N) is 1. The van der Waals surface area contributed by atoms with Crippen LogP contribution in [-0.2, 0) is 10.0 Å². The van der Waals surface area contributed by atoms with E-state index in [-0.39, 0.29) is 20.8 Å². The Bertz CT molecular complexity index is 802. The van der Waals surface area contributed by atoms with Crippen molar-refractivity contribution in [1.82, 2.24) is 4.98 Å². The van der Waals surface area contributed by atoms with E-state index in [1.165, 1.54) is 24.4 Å². The van der Waals surface area contributed by atoms with Crippen molar-refractivity contribution in [3.05, 3.63) is 40.0 Å². The zero-order chi connectivity index (χ0) is 15.6. The molecule has 0 unspecified atom stereocenters. The molecule has 0 amide bonds. The quantitative estimate of drug-likeness (QED) is 0.338. The maximum Gasteiger partial charge on any atom is 0.273 e. The highest BCUT2D eigenvalue weighted by atomic mass is 35.5. The van der Waals surface area contributed by atoms with Crippen LogP contribution in [0.25, 0.3) is 0 Å². The molecule has 0 aliphatic rings. The molecule has 0 saturated carbocycles. The van der Waals surface area contributed by atoms with E-state index in [1.54, 1.807) is 6.92 Å². The first-order valence-electron chi connectivity index (χ1n) is 5.56. The van der Waals surface area contributed by atoms with Gasteiger partial charge in [-0.3, -0.25) is 4.72 Å². The Morgan fingerprint density at radius 1 is 1.52 bits per heavy atom. The second kappa shape index (κ2) is 5.88. The molecule has 10 heteroatoms. The molecule has 0 bridgehead atoms. The van der Waals surface area contributed by atoms with Gasteiger partial charge in [0.1, 0.15) is 0 Å². The standard InChI is InChI=1S/C11H11ClN4O3S2/c1-6-14-5-10(20-6)21(18,19)16-9-3-2-7(4-8(9)12)11(13)15-17/h2-5,16-17H,1H3,(H2,13,15). The summed E-state index contributed by atoms with van der Waals surface area (Å²) in [6, 6.07) is 4.31. The molecular formula is C11H11ClN4O3S2. The smallest absolute Gasteiger partial charge is 0.273 e. The largest absolute Gasteiger partial charge is 0.409 e. The number of amidine groups is 1. The van der Waals surface area contributed by atoms with E-state index in [0.717, 1.165) is 11.3 Å². The number of nitrogens with zero attached hydrogens (tertiary/aromatic N) is 2. The Balaban J connectivity index is 2.32. The van der Waals surface area contributed by atoms with Crippen molar-refractivity contribution in [3.63, 3.8) is 0 Å². The molecule has 7 nitrogen and oxygen atoms in total. The third-order valence-electron chi connectivity index (χ3n) is 2.48. The van der Waals surface area contributed by atoms with Gasteiger partial charge in [-0.1, -0.05) is 16.8 Å². The fourth-order valence-corrected chi connectivity index (χ4v) is 3.95. The summed E-state index contributed by atoms with van der Waals surface area (Å²) >= 11 is 7.05. The molecule has 0 fully saturated rings. The van der Waals surface area contributed by atoms with Crippen LogP contribution in [0.1, 0.15) is 10.6 Å². The Morgan fingerprint density at radius 2 is 2.24 bits per heavy atom. The van der Waals surface area contributed by atoms with Crippen molar-refractivity contribution in [2.24, 2.45) is 10.9 Å². The lowest BCUT2D eigenvalue weighted by Gasteiger charge is -2.09. The molecule has 112 valence electrons. The van der Waals surface area contributed by atoms with Crippen molar-refractivity contribution in [3.8, 4) is 0 Å². The van der Waals surface area contributed by atoms with Gasteiger partial charge in [0.15, 0.2) is 10.0 Å². The molecule has 0 aliphatic heterocycles. The summed E-state index contributed by atoms with van der Waals surface area (Å²) in [5.74, 6) is -0.121. The minimum absolute atomic E-state index is 0.0941. The van der Waals surface area contributed by atoms with Crippen LogP contribution in [0.5, 0.6) is 0 Å². The second-order valence-corrected chi connectivity index (χ2v) is 7.53. The molecule has 2 rings (SSSR count). The molecule has 0 saturated heterocycles. The Kier molecular flexibility index (Phi) is 4.35. The van der Waals surface area contributed by atoms with E-state index in [1.807, 2.05) is 0 Å². The number of anilines is 1. The summed E-state index contributed by atoms with van der Waals surface area (Å²) in [4.78, 5) is 3.90. The molecule has 1 aromatic carbocycles. The number of halogens is 1. The van der Waals surface area contributed by atoms with E-state index in [0.29, 0.717) is 10.6 Å². The van der Waals surface area contributed by atoms with Gasteiger partial charge in [-0.25, -0.2) is 13.4 Å². The number of aromatic nitrogens is 1. The molecule has 2 aromatic rings. The lowest BCUT2D eigenvalue weighted by molar-refractivity contribution is 0.318. The molecule has 0 radical (unpaired) electrons. The van der Waals surface area contributed by atoms with Gasteiger partial charge in [0, 0.05) is 5.56 Å². The summed E-state index contributed by atoms with van der Waals surface area (Å²) in [5, 5.41) is 12.2. The number of rotatable bonds is 4. The lowest BCUT2D eigenvalue weighted by atomic mass is 10.2. The van der Waals surface area contributed by atoms with Crippen LogP contribution >= 0.6 is 22.9 Å². The number of thiazole rings is 1. The molecule has 0 spiro atoms. The van der Waals surface area contributed by atoms with Crippen LogP contribution in [0, 0.1) is 6.92 Å². The number of hydrogen-bond acceptors (Lipinski definition) is 6. The minimum Gasteiger partial charge on any atom is -0.409 e. The van der Waals surface area contributed by atoms with Gasteiger partial charge in [0.05, 0.1) is 21.9 Å². The van der Waals surface area contributed by atoms with Crippen LogP contribution < -0.4 is 10.5 Å². The number of hydrogen-bond donors (Lipinski definition) is 3. The third-order valence-corrected chi connectivity index (χ3v) is 5.53. The van der Waals surface area contributed by atoms with Crippen LogP contribution in [0.15, 0.2) is 33.8 Å². The average Bonchev–Trinajstić information content (AvgIpc) is 2.87. The summed E-state index contributed by atoms with van der Waals surface area (Å²) in [7, 11) is -3.74. The Hall–Kier alpha value is -1.84. The molecular weight excluding hydrogens is 336 g/mol. The average molecular weight is 347 g/mol. The normalized spacial score (nSPS) is 12.4. The van der Waals surface area contributed by atoms with Crippen molar-refractivity contribution in [2.45, 2.75) is 11.1 Å². The monoisotopic (exact) mass is 346 g/mol. The first kappa shape index (κ1) is 15.5. The number of aryl methyl sites for hydroxylation is 1. The predicted octanol–water partition coefficient (Wildman–Crippen LogP) is 2.00. The van der Waals surface area contributed by atoms with Gasteiger partial charge in [0.2, 0.25) is 0 Å². The zero-order valence-corrected chi connectivity index (χ0v) is 13.1. The summed E-state index contributed by atoms with van der Waals surface area (Å²) in [6.07, 6.45) is 1.28. The highest BCUT2D eigenvalue weighted by Crippen LogP contribution is 2.27. The van der Waals surface area contributed by atoms with Crippen molar-refractivity contribution >= 4 is 44.5 Å². The first-order chi connectivity index (χ1) is 9.83. The van der Waals surface area contributed by atoms with Gasteiger partial charge >= 0.3 is 0 Å². The molecule has 1 aromatic heterocycles. The number of nitrogens with one attached hydrogen (secondary N) is 1. The Labute approximate surface area is 130 Å². The van der Waals surface area contributed by atoms with E-state index in [4.69, 9.17) is 22.5 Å². The summed E-state index contributed by atoms with van der Waals surface area (Å²) < 4.78 is 26.8. The molecule has 0 atom stereocenters. The van der Waals surface area contributed by atoms with E-state index in [9.17, 15) is 8.42 Å². The third kappa shape index (κ3) is 3.43. The van der Waals surface area contributed by atoms with E-state index in [2.05, 4.69) is 14.9 Å². The van der Waals surface area contributed by atoms with Crippen LogP contribution in [-0.4, -0.2) is 24.4 Å². The van der Waals surface area contributed by atoms with Gasteiger partial charge in [-0.15, -0.1) is 11.3 Å². The summed E-state index contributed by atoms with van der Waals surface area (Å²) in [5.41, 5.74) is 6.00.